The van der Waals surface area contributed by atoms with Gasteiger partial charge in [0.1, 0.15) is 11.5 Å². The molecule has 0 radical (unpaired) electrons. The minimum Gasteiger partial charge on any atom is -0.475 e. The molecule has 0 spiro atoms. The molecule has 1 aromatic carbocycles. The van der Waals surface area contributed by atoms with Crippen LogP contribution >= 0.6 is 23.2 Å². The largest absolute Gasteiger partial charge is 0.490 e. The van der Waals surface area contributed by atoms with Crippen molar-refractivity contribution < 1.29 is 27.9 Å². The minimum absolute atomic E-state index is 0.214. The molecule has 4 rings (SSSR count). The van der Waals surface area contributed by atoms with E-state index < -0.39 is 12.1 Å². The summed E-state index contributed by atoms with van der Waals surface area (Å²) in [6.45, 7) is 4.67. The fourth-order valence-electron chi connectivity index (χ4n) is 3.35. The Labute approximate surface area is 217 Å². The van der Waals surface area contributed by atoms with Crippen LogP contribution in [0.2, 0.25) is 10.0 Å². The molecule has 0 aliphatic rings. The van der Waals surface area contributed by atoms with E-state index in [1.807, 2.05) is 19.9 Å². The molecule has 10 nitrogen and oxygen atoms in total. The van der Waals surface area contributed by atoms with E-state index in [2.05, 4.69) is 20.4 Å². The van der Waals surface area contributed by atoms with Crippen LogP contribution in [0.5, 0.6) is 0 Å². The third kappa shape index (κ3) is 6.18. The number of nitrogens with two attached hydrogens (primary N) is 1. The summed E-state index contributed by atoms with van der Waals surface area (Å²) >= 11 is 12.5. The Morgan fingerprint density at radius 3 is 2.43 bits per heavy atom. The molecule has 196 valence electrons. The van der Waals surface area contributed by atoms with Crippen LogP contribution in [0.3, 0.4) is 0 Å². The predicted molar refractivity (Wildman–Crippen MR) is 131 cm³/mol. The highest BCUT2D eigenvalue weighted by Gasteiger charge is 2.38. The van der Waals surface area contributed by atoms with Crippen LogP contribution in [-0.4, -0.2) is 47.3 Å². The van der Waals surface area contributed by atoms with E-state index in [1.54, 1.807) is 39.7 Å². The summed E-state index contributed by atoms with van der Waals surface area (Å²) < 4.78 is 35.2. The van der Waals surface area contributed by atoms with Crippen molar-refractivity contribution >= 4 is 46.7 Å². The number of aliphatic carboxylic acids is 1. The SMILES string of the molecule is CCn1nccc1NC(=O)c1cn2c(-c3ccc(Cl)cc3Cl)c(CN)c(C)nc2n1.O=C(O)C(F)(F)F. The molecular weight excluding hydrogens is 538 g/mol. The Hall–Kier alpha value is -3.68. The summed E-state index contributed by atoms with van der Waals surface area (Å²) in [5.41, 5.74) is 9.21. The van der Waals surface area contributed by atoms with Crippen molar-refractivity contribution in [1.82, 2.24) is 24.1 Å². The number of alkyl halides is 3. The highest BCUT2D eigenvalue weighted by molar-refractivity contribution is 6.36. The first-order valence-electron chi connectivity index (χ1n) is 10.5. The maximum absolute atomic E-state index is 12.8. The molecule has 0 aliphatic heterocycles. The Kier molecular flexibility index (Phi) is 8.41. The molecule has 4 N–H and O–H groups in total. The van der Waals surface area contributed by atoms with Crippen LogP contribution in [-0.2, 0) is 17.9 Å². The van der Waals surface area contributed by atoms with Crippen molar-refractivity contribution in [2.75, 3.05) is 5.32 Å². The Bertz CT molecular complexity index is 1470. The molecule has 37 heavy (non-hydrogen) atoms. The minimum atomic E-state index is -5.08. The number of carbonyl (C=O) groups excluding carboxylic acids is 1. The van der Waals surface area contributed by atoms with Gasteiger partial charge in [-0.3, -0.25) is 9.20 Å². The summed E-state index contributed by atoms with van der Waals surface area (Å²) in [7, 11) is 0. The first kappa shape index (κ1) is 27.9. The van der Waals surface area contributed by atoms with Gasteiger partial charge in [-0.15, -0.1) is 0 Å². The van der Waals surface area contributed by atoms with Gasteiger partial charge in [-0.1, -0.05) is 23.2 Å². The number of benzene rings is 1. The lowest BCUT2D eigenvalue weighted by Crippen LogP contribution is -2.21. The van der Waals surface area contributed by atoms with Crippen LogP contribution in [0, 0.1) is 6.92 Å². The standard InChI is InChI=1S/C20H19Cl2N7O.C2HF3O2/c1-3-29-17(6-7-24-29)27-19(30)16-10-28-18(13-5-4-12(21)8-15(13)22)14(9-23)11(2)25-20(28)26-16;3-2(4,5)1(6)7/h4-8,10H,3,9,23H2,1-2H3,(H,27,30);(H,6,7). The molecule has 0 saturated carbocycles. The molecule has 0 unspecified atom stereocenters. The second kappa shape index (κ2) is 11.2. The number of halogens is 5. The topological polar surface area (TPSA) is 140 Å². The number of fused-ring (bicyclic) bond motifs is 1. The van der Waals surface area contributed by atoms with Crippen molar-refractivity contribution in [3.63, 3.8) is 0 Å². The highest BCUT2D eigenvalue weighted by atomic mass is 35.5. The predicted octanol–water partition coefficient (Wildman–Crippen LogP) is 4.57. The average molecular weight is 558 g/mol. The van der Waals surface area contributed by atoms with Crippen molar-refractivity contribution in [2.24, 2.45) is 5.73 Å². The summed E-state index contributed by atoms with van der Waals surface area (Å²) in [6, 6.07) is 6.96. The zero-order valence-electron chi connectivity index (χ0n) is 19.3. The van der Waals surface area contributed by atoms with E-state index in [0.717, 1.165) is 16.8 Å². The van der Waals surface area contributed by atoms with E-state index in [9.17, 15) is 18.0 Å². The van der Waals surface area contributed by atoms with Gasteiger partial charge in [-0.2, -0.15) is 18.3 Å². The van der Waals surface area contributed by atoms with Crippen LogP contribution in [0.15, 0.2) is 36.7 Å². The molecule has 0 atom stereocenters. The normalized spacial score (nSPS) is 11.2. The van der Waals surface area contributed by atoms with E-state index in [1.165, 1.54) is 0 Å². The Morgan fingerprint density at radius 2 is 1.86 bits per heavy atom. The molecule has 0 fully saturated rings. The van der Waals surface area contributed by atoms with Crippen molar-refractivity contribution in [1.29, 1.82) is 0 Å². The number of aryl methyl sites for hydroxylation is 2. The number of hydrogen-bond acceptors (Lipinski definition) is 6. The molecule has 0 bridgehead atoms. The average Bonchev–Trinajstić information content (AvgIpc) is 3.44. The van der Waals surface area contributed by atoms with Crippen molar-refractivity contribution in [3.05, 3.63) is 63.7 Å². The van der Waals surface area contributed by atoms with Gasteiger partial charge in [0.15, 0.2) is 0 Å². The monoisotopic (exact) mass is 557 g/mol. The lowest BCUT2D eigenvalue weighted by Gasteiger charge is -2.14. The highest BCUT2D eigenvalue weighted by Crippen LogP contribution is 2.34. The maximum atomic E-state index is 12.8. The first-order valence-corrected chi connectivity index (χ1v) is 11.3. The van der Waals surface area contributed by atoms with Gasteiger partial charge >= 0.3 is 12.1 Å². The van der Waals surface area contributed by atoms with Crippen LogP contribution in [0.4, 0.5) is 19.0 Å². The van der Waals surface area contributed by atoms with Gasteiger partial charge in [0.25, 0.3) is 5.91 Å². The van der Waals surface area contributed by atoms with Gasteiger partial charge in [0.2, 0.25) is 5.78 Å². The van der Waals surface area contributed by atoms with Crippen LogP contribution in [0.25, 0.3) is 17.0 Å². The fraction of sp³-hybridized carbons (Fsp3) is 0.227. The van der Waals surface area contributed by atoms with Gasteiger partial charge < -0.3 is 16.2 Å². The molecule has 15 heteroatoms. The number of hydrogen-bond donors (Lipinski definition) is 3. The molecule has 3 heterocycles. The number of carbonyl (C=O) groups is 2. The van der Waals surface area contributed by atoms with Crippen molar-refractivity contribution in [3.8, 4) is 11.3 Å². The van der Waals surface area contributed by atoms with Gasteiger partial charge in [-0.05, 0) is 32.0 Å². The van der Waals surface area contributed by atoms with E-state index in [0.29, 0.717) is 33.9 Å². The van der Waals surface area contributed by atoms with E-state index >= 15 is 0 Å². The number of imidazole rings is 1. The number of nitrogens with one attached hydrogen (secondary N) is 1. The third-order valence-corrected chi connectivity index (χ3v) is 5.59. The molecule has 0 aliphatic carbocycles. The number of anilines is 1. The van der Waals surface area contributed by atoms with Gasteiger partial charge in [0.05, 0.1) is 16.9 Å². The Morgan fingerprint density at radius 1 is 1.19 bits per heavy atom. The number of carboxylic acids is 1. The Balaban J connectivity index is 0.000000479. The summed E-state index contributed by atoms with van der Waals surface area (Å²) in [5, 5.41) is 15.1. The smallest absolute Gasteiger partial charge is 0.475 e. The zero-order valence-corrected chi connectivity index (χ0v) is 20.9. The van der Waals surface area contributed by atoms with Gasteiger partial charge in [-0.25, -0.2) is 19.4 Å². The van der Waals surface area contributed by atoms with Crippen molar-refractivity contribution in [2.45, 2.75) is 33.1 Å². The zero-order chi connectivity index (χ0) is 27.5. The van der Waals surface area contributed by atoms with Crippen LogP contribution < -0.4 is 11.1 Å². The molecule has 0 saturated heterocycles. The number of aromatic nitrogens is 5. The molecule has 1 amide bonds. The number of rotatable bonds is 5. The lowest BCUT2D eigenvalue weighted by atomic mass is 10.0. The second-order valence-electron chi connectivity index (χ2n) is 7.44. The summed E-state index contributed by atoms with van der Waals surface area (Å²) in [5.74, 6) is -2.16. The maximum Gasteiger partial charge on any atom is 0.490 e. The summed E-state index contributed by atoms with van der Waals surface area (Å²) in [6.07, 6.45) is -1.83. The molecule has 4 aromatic rings. The first-order chi connectivity index (χ1) is 17.4. The number of nitrogens with zero attached hydrogens (tertiary/aromatic N) is 5. The summed E-state index contributed by atoms with van der Waals surface area (Å²) in [4.78, 5) is 30.7. The van der Waals surface area contributed by atoms with Gasteiger partial charge in [0, 0.05) is 47.2 Å². The van der Waals surface area contributed by atoms with E-state index in [4.69, 9.17) is 38.8 Å². The number of amides is 1. The molecule has 3 aromatic heterocycles. The third-order valence-electron chi connectivity index (χ3n) is 5.04. The fourth-order valence-corrected chi connectivity index (χ4v) is 3.84. The lowest BCUT2D eigenvalue weighted by molar-refractivity contribution is -0.192. The quantitative estimate of drug-likeness (QED) is 0.326. The molecular formula is C22H20Cl2F3N7O3. The number of carboxylic acid groups (broad SMARTS) is 1. The van der Waals surface area contributed by atoms with E-state index in [-0.39, 0.29) is 18.1 Å². The van der Waals surface area contributed by atoms with Crippen LogP contribution in [0.1, 0.15) is 28.7 Å². The second-order valence-corrected chi connectivity index (χ2v) is 8.28.